The number of benzene rings is 3. The van der Waals surface area contributed by atoms with E-state index in [9.17, 15) is 14.7 Å². The van der Waals surface area contributed by atoms with Crippen LogP contribution in [-0.2, 0) is 0 Å². The van der Waals surface area contributed by atoms with Crippen molar-refractivity contribution in [3.05, 3.63) is 88.9 Å². The molecule has 0 heterocycles. The highest BCUT2D eigenvalue weighted by Gasteiger charge is 2.16. The highest BCUT2D eigenvalue weighted by molar-refractivity contribution is 6.34. The van der Waals surface area contributed by atoms with Crippen LogP contribution in [-0.4, -0.2) is 17.0 Å². The van der Waals surface area contributed by atoms with Gasteiger partial charge < -0.3 is 15.2 Å². The SMILES string of the molecule is O=C(Oc1ccccc1)c1ccc(NC(=O)c2ccccc2Cl)cc1O. The monoisotopic (exact) mass is 367 g/mol. The van der Waals surface area contributed by atoms with Crippen LogP contribution in [0.25, 0.3) is 0 Å². The van der Waals surface area contributed by atoms with Crippen molar-refractivity contribution in [1.29, 1.82) is 0 Å². The third-order valence-corrected chi connectivity index (χ3v) is 3.88. The van der Waals surface area contributed by atoms with Crippen LogP contribution in [0.15, 0.2) is 72.8 Å². The van der Waals surface area contributed by atoms with E-state index in [4.69, 9.17) is 16.3 Å². The molecule has 0 fully saturated rings. The summed E-state index contributed by atoms with van der Waals surface area (Å²) in [6, 6.07) is 19.3. The standard InChI is InChI=1S/C20H14ClNO4/c21-17-9-5-4-8-15(17)19(24)22-13-10-11-16(18(23)12-13)20(25)26-14-6-2-1-3-7-14/h1-12,23H,(H,22,24). The summed E-state index contributed by atoms with van der Waals surface area (Å²) in [5.74, 6) is -1.05. The Balaban J connectivity index is 1.74. The summed E-state index contributed by atoms with van der Waals surface area (Å²) in [4.78, 5) is 24.4. The van der Waals surface area contributed by atoms with Gasteiger partial charge in [-0.25, -0.2) is 4.79 Å². The molecule has 0 bridgehead atoms. The highest BCUT2D eigenvalue weighted by atomic mass is 35.5. The van der Waals surface area contributed by atoms with Gasteiger partial charge in [0.2, 0.25) is 0 Å². The lowest BCUT2D eigenvalue weighted by Gasteiger charge is -2.09. The molecule has 3 aromatic rings. The van der Waals surface area contributed by atoms with Crippen LogP contribution in [0.5, 0.6) is 11.5 Å². The van der Waals surface area contributed by atoms with Crippen molar-refractivity contribution < 1.29 is 19.4 Å². The van der Waals surface area contributed by atoms with Gasteiger partial charge in [0.25, 0.3) is 5.91 Å². The number of aromatic hydroxyl groups is 1. The van der Waals surface area contributed by atoms with Crippen molar-refractivity contribution in [1.82, 2.24) is 0 Å². The quantitative estimate of drug-likeness (QED) is 0.525. The van der Waals surface area contributed by atoms with Crippen molar-refractivity contribution in [2.75, 3.05) is 5.32 Å². The van der Waals surface area contributed by atoms with E-state index in [1.807, 2.05) is 0 Å². The number of hydrogen-bond donors (Lipinski definition) is 2. The second-order valence-electron chi connectivity index (χ2n) is 5.37. The number of carbonyl (C=O) groups is 2. The van der Waals surface area contributed by atoms with Gasteiger partial charge in [0.15, 0.2) is 0 Å². The summed E-state index contributed by atoms with van der Waals surface area (Å²) in [5.41, 5.74) is 0.620. The normalized spacial score (nSPS) is 10.2. The number of carbonyl (C=O) groups excluding carboxylic acids is 2. The summed E-state index contributed by atoms with van der Waals surface area (Å²) in [5, 5.41) is 13.0. The Morgan fingerprint density at radius 2 is 1.58 bits per heavy atom. The smallest absolute Gasteiger partial charge is 0.347 e. The third-order valence-electron chi connectivity index (χ3n) is 3.55. The van der Waals surface area contributed by atoms with E-state index in [0.29, 0.717) is 22.0 Å². The maximum Gasteiger partial charge on any atom is 0.347 e. The number of nitrogens with one attached hydrogen (secondary N) is 1. The predicted molar refractivity (Wildman–Crippen MR) is 98.9 cm³/mol. The molecule has 0 aliphatic carbocycles. The minimum atomic E-state index is -0.697. The number of anilines is 1. The van der Waals surface area contributed by atoms with E-state index in [1.54, 1.807) is 54.6 Å². The number of esters is 1. The molecule has 0 spiro atoms. The Hall–Kier alpha value is -3.31. The molecule has 5 nitrogen and oxygen atoms in total. The zero-order valence-electron chi connectivity index (χ0n) is 13.5. The second kappa shape index (κ2) is 7.72. The zero-order valence-corrected chi connectivity index (χ0v) is 14.2. The fraction of sp³-hybridized carbons (Fsp3) is 0. The minimum absolute atomic E-state index is 0.00963. The summed E-state index contributed by atoms with van der Waals surface area (Å²) < 4.78 is 5.18. The lowest BCUT2D eigenvalue weighted by atomic mass is 10.1. The first kappa shape index (κ1) is 17.5. The second-order valence-corrected chi connectivity index (χ2v) is 5.78. The Kier molecular flexibility index (Phi) is 5.20. The number of amides is 1. The summed E-state index contributed by atoms with van der Waals surface area (Å²) >= 11 is 5.99. The molecule has 0 unspecified atom stereocenters. The predicted octanol–water partition coefficient (Wildman–Crippen LogP) is 4.52. The van der Waals surface area contributed by atoms with Crippen molar-refractivity contribution in [2.45, 2.75) is 0 Å². The molecule has 130 valence electrons. The van der Waals surface area contributed by atoms with Gasteiger partial charge in [-0.3, -0.25) is 4.79 Å². The number of phenolic OH excluding ortho intramolecular Hbond substituents is 1. The fourth-order valence-electron chi connectivity index (χ4n) is 2.28. The molecule has 0 radical (unpaired) electrons. The number of rotatable bonds is 4. The average Bonchev–Trinajstić information content (AvgIpc) is 2.63. The first-order valence-corrected chi connectivity index (χ1v) is 8.08. The van der Waals surface area contributed by atoms with Gasteiger partial charge in [-0.2, -0.15) is 0 Å². The number of phenols is 1. The molecule has 26 heavy (non-hydrogen) atoms. The van der Waals surface area contributed by atoms with Gasteiger partial charge in [-0.15, -0.1) is 0 Å². The molecular formula is C20H14ClNO4. The van der Waals surface area contributed by atoms with Gasteiger partial charge in [-0.05, 0) is 36.4 Å². The first-order valence-electron chi connectivity index (χ1n) is 7.71. The molecular weight excluding hydrogens is 354 g/mol. The van der Waals surface area contributed by atoms with Crippen LogP contribution in [0.3, 0.4) is 0 Å². The molecule has 3 aromatic carbocycles. The van der Waals surface area contributed by atoms with Gasteiger partial charge in [0, 0.05) is 11.8 Å². The fourth-order valence-corrected chi connectivity index (χ4v) is 2.50. The van der Waals surface area contributed by atoms with Gasteiger partial charge >= 0.3 is 5.97 Å². The Morgan fingerprint density at radius 3 is 2.27 bits per heavy atom. The molecule has 0 aliphatic heterocycles. The Labute approximate surface area is 154 Å². The van der Waals surface area contributed by atoms with E-state index >= 15 is 0 Å². The van der Waals surface area contributed by atoms with Crippen LogP contribution in [0.2, 0.25) is 5.02 Å². The molecule has 2 N–H and O–H groups in total. The van der Waals surface area contributed by atoms with Crippen molar-refractivity contribution >= 4 is 29.2 Å². The maximum absolute atomic E-state index is 12.2. The molecule has 0 aliphatic rings. The zero-order chi connectivity index (χ0) is 18.5. The molecule has 1 amide bonds. The van der Waals surface area contributed by atoms with E-state index in [0.717, 1.165) is 0 Å². The van der Waals surface area contributed by atoms with Gasteiger partial charge in [0.1, 0.15) is 17.1 Å². The van der Waals surface area contributed by atoms with Gasteiger partial charge in [0.05, 0.1) is 10.6 Å². The van der Waals surface area contributed by atoms with Crippen LogP contribution in [0.4, 0.5) is 5.69 Å². The first-order chi connectivity index (χ1) is 12.5. The van der Waals surface area contributed by atoms with E-state index in [-0.39, 0.29) is 11.3 Å². The minimum Gasteiger partial charge on any atom is -0.507 e. The topological polar surface area (TPSA) is 75.6 Å². The van der Waals surface area contributed by atoms with Gasteiger partial charge in [-0.1, -0.05) is 41.9 Å². The molecule has 0 atom stereocenters. The number of halogens is 1. The van der Waals surface area contributed by atoms with E-state index < -0.39 is 11.9 Å². The van der Waals surface area contributed by atoms with Crippen LogP contribution in [0, 0.1) is 0 Å². The van der Waals surface area contributed by atoms with Crippen LogP contribution >= 0.6 is 11.6 Å². The molecule has 6 heteroatoms. The van der Waals surface area contributed by atoms with Crippen LogP contribution < -0.4 is 10.1 Å². The number of para-hydroxylation sites is 1. The van der Waals surface area contributed by atoms with Crippen molar-refractivity contribution in [3.8, 4) is 11.5 Å². The summed E-state index contributed by atoms with van der Waals surface area (Å²) in [6.45, 7) is 0. The molecule has 3 rings (SSSR count). The average molecular weight is 368 g/mol. The summed E-state index contributed by atoms with van der Waals surface area (Å²) in [6.07, 6.45) is 0. The van der Waals surface area contributed by atoms with Crippen molar-refractivity contribution in [2.24, 2.45) is 0 Å². The third kappa shape index (κ3) is 4.02. The lowest BCUT2D eigenvalue weighted by molar-refractivity contribution is 0.0731. The Morgan fingerprint density at radius 1 is 0.885 bits per heavy atom. The highest BCUT2D eigenvalue weighted by Crippen LogP contribution is 2.25. The van der Waals surface area contributed by atoms with Crippen LogP contribution in [0.1, 0.15) is 20.7 Å². The van der Waals surface area contributed by atoms with E-state index in [1.165, 1.54) is 18.2 Å². The maximum atomic E-state index is 12.2. The largest absolute Gasteiger partial charge is 0.507 e. The summed E-state index contributed by atoms with van der Waals surface area (Å²) in [7, 11) is 0. The number of hydrogen-bond acceptors (Lipinski definition) is 4. The lowest BCUT2D eigenvalue weighted by Crippen LogP contribution is -2.13. The Bertz CT molecular complexity index is 957. The van der Waals surface area contributed by atoms with Crippen molar-refractivity contribution in [3.63, 3.8) is 0 Å². The number of ether oxygens (including phenoxy) is 1. The van der Waals surface area contributed by atoms with E-state index in [2.05, 4.69) is 5.32 Å². The molecule has 0 saturated heterocycles. The molecule has 0 aromatic heterocycles. The molecule has 0 saturated carbocycles.